The summed E-state index contributed by atoms with van der Waals surface area (Å²) in [7, 11) is 0. The highest BCUT2D eigenvalue weighted by molar-refractivity contribution is 5.85. The van der Waals surface area contributed by atoms with E-state index < -0.39 is 6.61 Å². The van der Waals surface area contributed by atoms with E-state index in [1.54, 1.807) is 12.1 Å². The highest BCUT2D eigenvalue weighted by atomic mass is 35.5. The van der Waals surface area contributed by atoms with Crippen LogP contribution in [0.1, 0.15) is 18.0 Å². The van der Waals surface area contributed by atoms with Crippen LogP contribution < -0.4 is 10.1 Å². The van der Waals surface area contributed by atoms with Crippen LogP contribution in [0.4, 0.5) is 8.78 Å². The zero-order valence-corrected chi connectivity index (χ0v) is 12.5. The summed E-state index contributed by atoms with van der Waals surface area (Å²) < 4.78 is 29.0. The summed E-state index contributed by atoms with van der Waals surface area (Å²) >= 11 is 0. The number of benzene rings is 1. The lowest BCUT2D eigenvalue weighted by atomic mass is 10.0. The van der Waals surface area contributed by atoms with E-state index in [-0.39, 0.29) is 30.8 Å². The molecule has 7 heteroatoms. The van der Waals surface area contributed by atoms with Gasteiger partial charge in [0.05, 0.1) is 0 Å². The topological polar surface area (TPSA) is 44.7 Å². The van der Waals surface area contributed by atoms with E-state index in [4.69, 9.17) is 0 Å². The fraction of sp³-hybridized carbons (Fsp3) is 0.571. The predicted octanol–water partition coefficient (Wildman–Crippen LogP) is 2.04. The van der Waals surface area contributed by atoms with Gasteiger partial charge in [-0.25, -0.2) is 0 Å². The molecule has 0 saturated carbocycles. The van der Waals surface area contributed by atoms with Crippen LogP contribution in [0.2, 0.25) is 0 Å². The zero-order valence-electron chi connectivity index (χ0n) is 11.7. The molecule has 0 aliphatic carbocycles. The minimum absolute atomic E-state index is 0. The SMILES string of the molecule is Cl.OCC[C@@H](c1cccc(OC(F)F)c1)N1CCNCC1. The van der Waals surface area contributed by atoms with Gasteiger partial charge in [0.15, 0.2) is 0 Å². The molecule has 0 aromatic heterocycles. The summed E-state index contributed by atoms with van der Waals surface area (Å²) in [6.45, 7) is 0.800. The molecule has 0 radical (unpaired) electrons. The smallest absolute Gasteiger partial charge is 0.387 e. The van der Waals surface area contributed by atoms with Crippen molar-refractivity contribution in [2.45, 2.75) is 19.1 Å². The number of aliphatic hydroxyl groups excluding tert-OH is 1. The van der Waals surface area contributed by atoms with Gasteiger partial charge in [0.1, 0.15) is 5.75 Å². The Kier molecular flexibility index (Phi) is 7.88. The van der Waals surface area contributed by atoms with Crippen LogP contribution in [0.5, 0.6) is 5.75 Å². The van der Waals surface area contributed by atoms with Gasteiger partial charge in [0.25, 0.3) is 0 Å². The summed E-state index contributed by atoms with van der Waals surface area (Å²) in [5, 5.41) is 12.5. The molecule has 120 valence electrons. The first kappa shape index (κ1) is 18.1. The van der Waals surface area contributed by atoms with Crippen LogP contribution in [-0.2, 0) is 0 Å². The quantitative estimate of drug-likeness (QED) is 0.841. The standard InChI is InChI=1S/C14H20F2N2O2.ClH/c15-14(16)20-12-3-1-2-11(10-12)13(4-9-19)18-7-5-17-6-8-18;/h1-3,10,13-14,17,19H,4-9H2;1H/t13-;/m0./s1. The number of alkyl halides is 2. The largest absolute Gasteiger partial charge is 0.435 e. The van der Waals surface area contributed by atoms with Gasteiger partial charge >= 0.3 is 6.61 Å². The fourth-order valence-electron chi connectivity index (χ4n) is 2.57. The Morgan fingerprint density at radius 3 is 2.62 bits per heavy atom. The van der Waals surface area contributed by atoms with E-state index in [2.05, 4.69) is 15.0 Å². The van der Waals surface area contributed by atoms with Crippen molar-refractivity contribution in [1.29, 1.82) is 0 Å². The number of piperazine rings is 1. The minimum Gasteiger partial charge on any atom is -0.435 e. The molecule has 0 unspecified atom stereocenters. The van der Waals surface area contributed by atoms with Crippen molar-refractivity contribution in [3.8, 4) is 5.75 Å². The number of hydrogen-bond donors (Lipinski definition) is 2. The molecule has 0 spiro atoms. The lowest BCUT2D eigenvalue weighted by Crippen LogP contribution is -2.45. The van der Waals surface area contributed by atoms with Crippen LogP contribution in [0.15, 0.2) is 24.3 Å². The van der Waals surface area contributed by atoms with E-state index in [1.807, 2.05) is 6.07 Å². The van der Waals surface area contributed by atoms with Gasteiger partial charge in [0.2, 0.25) is 0 Å². The Balaban J connectivity index is 0.00000220. The maximum atomic E-state index is 12.3. The minimum atomic E-state index is -2.82. The Hall–Kier alpha value is -0.950. The molecule has 0 bridgehead atoms. The molecular weight excluding hydrogens is 302 g/mol. The first-order chi connectivity index (χ1) is 9.70. The second-order valence-electron chi connectivity index (χ2n) is 4.77. The molecule has 1 aromatic rings. The van der Waals surface area contributed by atoms with Gasteiger partial charge in [-0.2, -0.15) is 8.78 Å². The summed E-state index contributed by atoms with van der Waals surface area (Å²) in [5.74, 6) is 0.163. The molecule has 1 fully saturated rings. The fourth-order valence-corrected chi connectivity index (χ4v) is 2.57. The van der Waals surface area contributed by atoms with Gasteiger partial charge < -0.3 is 15.2 Å². The molecule has 21 heavy (non-hydrogen) atoms. The molecule has 1 atom stereocenters. The van der Waals surface area contributed by atoms with E-state index in [0.717, 1.165) is 31.7 Å². The van der Waals surface area contributed by atoms with E-state index >= 15 is 0 Å². The summed E-state index contributed by atoms with van der Waals surface area (Å²) in [5.41, 5.74) is 0.902. The van der Waals surface area contributed by atoms with Crippen LogP contribution in [0.3, 0.4) is 0 Å². The van der Waals surface area contributed by atoms with Crippen molar-refractivity contribution in [2.75, 3.05) is 32.8 Å². The second-order valence-corrected chi connectivity index (χ2v) is 4.77. The number of ether oxygens (including phenoxy) is 1. The lowest BCUT2D eigenvalue weighted by Gasteiger charge is -2.35. The molecule has 1 heterocycles. The van der Waals surface area contributed by atoms with Crippen LogP contribution >= 0.6 is 12.4 Å². The average molecular weight is 323 g/mol. The summed E-state index contributed by atoms with van der Waals surface area (Å²) in [6, 6.07) is 6.78. The molecule has 2 rings (SSSR count). The number of aliphatic hydroxyl groups is 1. The zero-order chi connectivity index (χ0) is 14.4. The maximum absolute atomic E-state index is 12.3. The normalized spacial score (nSPS) is 17.3. The number of nitrogens with one attached hydrogen (secondary N) is 1. The Morgan fingerprint density at radius 1 is 1.29 bits per heavy atom. The van der Waals surface area contributed by atoms with Crippen molar-refractivity contribution in [3.63, 3.8) is 0 Å². The van der Waals surface area contributed by atoms with Crippen molar-refractivity contribution in [1.82, 2.24) is 10.2 Å². The Bertz CT molecular complexity index is 418. The Labute approximate surface area is 129 Å². The lowest BCUT2D eigenvalue weighted by molar-refractivity contribution is -0.0499. The van der Waals surface area contributed by atoms with Crippen molar-refractivity contribution < 1.29 is 18.6 Å². The molecule has 0 amide bonds. The molecule has 1 aliphatic rings. The first-order valence-electron chi connectivity index (χ1n) is 6.81. The second kappa shape index (κ2) is 9.15. The highest BCUT2D eigenvalue weighted by Crippen LogP contribution is 2.27. The van der Waals surface area contributed by atoms with E-state index in [1.165, 1.54) is 6.07 Å². The molecule has 4 nitrogen and oxygen atoms in total. The van der Waals surface area contributed by atoms with Crippen molar-refractivity contribution in [3.05, 3.63) is 29.8 Å². The van der Waals surface area contributed by atoms with Crippen molar-refractivity contribution in [2.24, 2.45) is 0 Å². The number of hydrogen-bond acceptors (Lipinski definition) is 4. The third-order valence-corrected chi connectivity index (χ3v) is 3.46. The Morgan fingerprint density at radius 2 is 2.00 bits per heavy atom. The average Bonchev–Trinajstić information content (AvgIpc) is 2.45. The highest BCUT2D eigenvalue weighted by Gasteiger charge is 2.22. The summed E-state index contributed by atoms with van der Waals surface area (Å²) in [4.78, 5) is 2.26. The molecule has 1 saturated heterocycles. The number of halogens is 3. The van der Waals surface area contributed by atoms with Crippen molar-refractivity contribution >= 4 is 12.4 Å². The molecule has 2 N–H and O–H groups in total. The monoisotopic (exact) mass is 322 g/mol. The van der Waals surface area contributed by atoms with Crippen LogP contribution in [0.25, 0.3) is 0 Å². The molecule has 1 aromatic carbocycles. The molecule has 1 aliphatic heterocycles. The van der Waals surface area contributed by atoms with Gasteiger partial charge in [-0.3, -0.25) is 4.90 Å². The predicted molar refractivity (Wildman–Crippen MR) is 79.2 cm³/mol. The van der Waals surface area contributed by atoms with Gasteiger partial charge in [-0.15, -0.1) is 12.4 Å². The maximum Gasteiger partial charge on any atom is 0.387 e. The van der Waals surface area contributed by atoms with Crippen LogP contribution in [-0.4, -0.2) is 49.4 Å². The third kappa shape index (κ3) is 5.39. The van der Waals surface area contributed by atoms with Gasteiger partial charge in [-0.05, 0) is 24.1 Å². The van der Waals surface area contributed by atoms with Gasteiger partial charge in [-0.1, -0.05) is 12.1 Å². The van der Waals surface area contributed by atoms with Crippen LogP contribution in [0, 0.1) is 0 Å². The number of rotatable bonds is 6. The first-order valence-corrected chi connectivity index (χ1v) is 6.81. The number of nitrogens with zero attached hydrogens (tertiary/aromatic N) is 1. The van der Waals surface area contributed by atoms with Gasteiger partial charge in [0, 0.05) is 38.8 Å². The third-order valence-electron chi connectivity index (χ3n) is 3.46. The summed E-state index contributed by atoms with van der Waals surface area (Å²) in [6.07, 6.45) is 0.581. The molecular formula is C14H21ClF2N2O2. The van der Waals surface area contributed by atoms with E-state index in [9.17, 15) is 13.9 Å². The van der Waals surface area contributed by atoms with E-state index in [0.29, 0.717) is 6.42 Å².